The minimum Gasteiger partial charge on any atom is -0.481 e. The first kappa shape index (κ1) is 14.0. The molecule has 2 aromatic rings. The van der Waals surface area contributed by atoms with E-state index in [9.17, 15) is 14.0 Å². The second kappa shape index (κ2) is 5.28. The van der Waals surface area contributed by atoms with Crippen LogP contribution in [-0.2, 0) is 18.3 Å². The Hall–Kier alpha value is -2.43. The van der Waals surface area contributed by atoms with E-state index in [1.54, 1.807) is 24.6 Å². The molecule has 1 heterocycles. The molecule has 1 aromatic carbocycles. The quantitative estimate of drug-likeness (QED) is 0.871. The van der Waals surface area contributed by atoms with Gasteiger partial charge in [0.05, 0.1) is 12.1 Å². The number of carboxylic acid groups (broad SMARTS) is 1. The Balaban J connectivity index is 2.42. The molecule has 0 radical (unpaired) electrons. The van der Waals surface area contributed by atoms with Crippen molar-refractivity contribution in [1.82, 2.24) is 4.57 Å². The summed E-state index contributed by atoms with van der Waals surface area (Å²) >= 11 is 0. The number of nitrogens with zero attached hydrogens (tertiary/aromatic N) is 1. The molecule has 5 heteroatoms. The average Bonchev–Trinajstić information content (AvgIpc) is 2.64. The molecule has 0 saturated carbocycles. The van der Waals surface area contributed by atoms with Crippen LogP contribution in [0.4, 0.5) is 4.39 Å². The normalized spacial score (nSPS) is 10.6. The van der Waals surface area contributed by atoms with Crippen molar-refractivity contribution in [2.75, 3.05) is 0 Å². The van der Waals surface area contributed by atoms with E-state index in [0.29, 0.717) is 22.5 Å². The van der Waals surface area contributed by atoms with Crippen LogP contribution in [0.3, 0.4) is 0 Å². The van der Waals surface area contributed by atoms with E-state index in [4.69, 9.17) is 5.11 Å². The lowest BCUT2D eigenvalue weighted by Gasteiger charge is -2.07. The van der Waals surface area contributed by atoms with Gasteiger partial charge >= 0.3 is 5.97 Å². The van der Waals surface area contributed by atoms with Crippen LogP contribution in [0.1, 0.15) is 27.3 Å². The third-order valence-corrected chi connectivity index (χ3v) is 3.18. The zero-order valence-electron chi connectivity index (χ0n) is 11.2. The highest BCUT2D eigenvalue weighted by molar-refractivity contribution is 6.09. The van der Waals surface area contributed by atoms with Gasteiger partial charge < -0.3 is 9.67 Å². The van der Waals surface area contributed by atoms with Gasteiger partial charge in [0, 0.05) is 18.3 Å². The molecule has 0 unspecified atom stereocenters. The molecule has 1 N–H and O–H groups in total. The maximum absolute atomic E-state index is 12.9. The van der Waals surface area contributed by atoms with Crippen molar-refractivity contribution < 1.29 is 19.1 Å². The number of carboxylic acids is 1. The number of hydrogen-bond acceptors (Lipinski definition) is 2. The van der Waals surface area contributed by atoms with Gasteiger partial charge in [0.15, 0.2) is 0 Å². The van der Waals surface area contributed by atoms with Crippen molar-refractivity contribution in [2.24, 2.45) is 7.05 Å². The van der Waals surface area contributed by atoms with Crippen LogP contribution >= 0.6 is 0 Å². The van der Waals surface area contributed by atoms with Crippen LogP contribution in [0.25, 0.3) is 0 Å². The molecular weight excluding hydrogens is 261 g/mol. The van der Waals surface area contributed by atoms with Gasteiger partial charge in [-0.1, -0.05) is 0 Å². The summed E-state index contributed by atoms with van der Waals surface area (Å²) in [4.78, 5) is 23.2. The van der Waals surface area contributed by atoms with E-state index >= 15 is 0 Å². The zero-order chi connectivity index (χ0) is 14.9. The first-order chi connectivity index (χ1) is 9.40. The molecule has 4 nitrogen and oxygen atoms in total. The summed E-state index contributed by atoms with van der Waals surface area (Å²) in [6, 6.07) is 6.97. The van der Waals surface area contributed by atoms with Crippen molar-refractivity contribution in [1.29, 1.82) is 0 Å². The molecule has 0 aliphatic carbocycles. The van der Waals surface area contributed by atoms with Crippen molar-refractivity contribution in [2.45, 2.75) is 13.3 Å². The lowest BCUT2D eigenvalue weighted by atomic mass is 10.1. The fraction of sp³-hybridized carbons (Fsp3) is 0.200. The summed E-state index contributed by atoms with van der Waals surface area (Å²) in [6.07, 6.45) is -0.145. The van der Waals surface area contributed by atoms with Crippen LogP contribution < -0.4 is 0 Å². The Labute approximate surface area is 115 Å². The number of aliphatic carboxylic acids is 1. The predicted octanol–water partition coefficient (Wildman–Crippen LogP) is 2.33. The predicted molar refractivity (Wildman–Crippen MR) is 71.3 cm³/mol. The molecule has 20 heavy (non-hydrogen) atoms. The van der Waals surface area contributed by atoms with Gasteiger partial charge in [-0.2, -0.15) is 0 Å². The van der Waals surface area contributed by atoms with Crippen LogP contribution in [0.2, 0.25) is 0 Å². The second-order valence-corrected chi connectivity index (χ2v) is 4.63. The van der Waals surface area contributed by atoms with E-state index < -0.39 is 11.8 Å². The van der Waals surface area contributed by atoms with Gasteiger partial charge in [-0.3, -0.25) is 9.59 Å². The number of hydrogen-bond donors (Lipinski definition) is 1. The van der Waals surface area contributed by atoms with Gasteiger partial charge in [-0.15, -0.1) is 0 Å². The average molecular weight is 275 g/mol. The van der Waals surface area contributed by atoms with Crippen LogP contribution in [0.15, 0.2) is 30.3 Å². The molecule has 1 aromatic heterocycles. The van der Waals surface area contributed by atoms with E-state index in [-0.39, 0.29) is 12.2 Å². The number of carbonyl (C=O) groups is 2. The standard InChI is InChI=1S/C15H14FNO3/c1-9-7-12(8-13(18)19)17(2)14(9)15(20)10-3-5-11(16)6-4-10/h3-7H,8H2,1-2H3,(H,18,19). The highest BCUT2D eigenvalue weighted by Gasteiger charge is 2.19. The van der Waals surface area contributed by atoms with Gasteiger partial charge in [0.25, 0.3) is 0 Å². The maximum Gasteiger partial charge on any atom is 0.309 e. The van der Waals surface area contributed by atoms with Crippen molar-refractivity contribution in [3.05, 3.63) is 58.7 Å². The Morgan fingerprint density at radius 2 is 1.85 bits per heavy atom. The van der Waals surface area contributed by atoms with E-state index in [0.717, 1.165) is 0 Å². The van der Waals surface area contributed by atoms with Crippen molar-refractivity contribution in [3.8, 4) is 0 Å². The van der Waals surface area contributed by atoms with Gasteiger partial charge in [0.2, 0.25) is 5.78 Å². The molecule has 0 fully saturated rings. The fourth-order valence-corrected chi connectivity index (χ4v) is 2.22. The van der Waals surface area contributed by atoms with Crippen molar-refractivity contribution in [3.63, 3.8) is 0 Å². The molecule has 104 valence electrons. The molecule has 0 amide bonds. The molecule has 0 bridgehead atoms. The topological polar surface area (TPSA) is 59.3 Å². The molecule has 0 atom stereocenters. The van der Waals surface area contributed by atoms with Gasteiger partial charge in [-0.25, -0.2) is 4.39 Å². The van der Waals surface area contributed by atoms with Crippen LogP contribution in [-0.4, -0.2) is 21.4 Å². The minimum atomic E-state index is -0.952. The first-order valence-electron chi connectivity index (χ1n) is 6.07. The summed E-state index contributed by atoms with van der Waals surface area (Å²) in [5.74, 6) is -1.61. The largest absolute Gasteiger partial charge is 0.481 e. The monoisotopic (exact) mass is 275 g/mol. The van der Waals surface area contributed by atoms with Crippen molar-refractivity contribution >= 4 is 11.8 Å². The Bertz CT molecular complexity index is 671. The minimum absolute atomic E-state index is 0.145. The third kappa shape index (κ3) is 2.61. The second-order valence-electron chi connectivity index (χ2n) is 4.63. The molecule has 0 spiro atoms. The summed E-state index contributed by atoms with van der Waals surface area (Å²) in [5.41, 5.74) is 2.06. The number of ketones is 1. The number of benzene rings is 1. The highest BCUT2D eigenvalue weighted by Crippen LogP contribution is 2.19. The lowest BCUT2D eigenvalue weighted by molar-refractivity contribution is -0.136. The summed E-state index contributed by atoms with van der Waals surface area (Å²) in [5, 5.41) is 8.84. The Morgan fingerprint density at radius 1 is 1.25 bits per heavy atom. The summed E-state index contributed by atoms with van der Waals surface area (Å²) in [6.45, 7) is 1.75. The molecule has 0 aliphatic rings. The molecule has 0 aliphatic heterocycles. The summed E-state index contributed by atoms with van der Waals surface area (Å²) < 4.78 is 14.5. The van der Waals surface area contributed by atoms with Gasteiger partial charge in [0.1, 0.15) is 5.82 Å². The zero-order valence-corrected chi connectivity index (χ0v) is 11.2. The van der Waals surface area contributed by atoms with Crippen LogP contribution in [0, 0.1) is 12.7 Å². The van der Waals surface area contributed by atoms with E-state index in [1.807, 2.05) is 0 Å². The van der Waals surface area contributed by atoms with E-state index in [1.165, 1.54) is 24.3 Å². The number of aryl methyl sites for hydroxylation is 1. The third-order valence-electron chi connectivity index (χ3n) is 3.18. The smallest absolute Gasteiger partial charge is 0.309 e. The molecular formula is C15H14FNO3. The Morgan fingerprint density at radius 3 is 2.40 bits per heavy atom. The number of carbonyl (C=O) groups excluding carboxylic acids is 1. The number of halogens is 1. The maximum atomic E-state index is 12.9. The Kier molecular flexibility index (Phi) is 3.70. The SMILES string of the molecule is Cc1cc(CC(=O)O)n(C)c1C(=O)c1ccc(F)cc1. The van der Waals surface area contributed by atoms with Crippen LogP contribution in [0.5, 0.6) is 0 Å². The fourth-order valence-electron chi connectivity index (χ4n) is 2.22. The van der Waals surface area contributed by atoms with E-state index in [2.05, 4.69) is 0 Å². The number of rotatable bonds is 4. The first-order valence-corrected chi connectivity index (χ1v) is 6.07. The molecule has 2 rings (SSSR count). The number of aromatic nitrogens is 1. The summed E-state index contributed by atoms with van der Waals surface area (Å²) in [7, 11) is 1.65. The molecule has 0 saturated heterocycles. The van der Waals surface area contributed by atoms with Gasteiger partial charge in [-0.05, 0) is 42.8 Å². The lowest BCUT2D eigenvalue weighted by Crippen LogP contribution is -2.12. The highest BCUT2D eigenvalue weighted by atomic mass is 19.1.